The highest BCUT2D eigenvalue weighted by Crippen LogP contribution is 2.51. The highest BCUT2D eigenvalue weighted by molar-refractivity contribution is 5.25. The van der Waals surface area contributed by atoms with Crippen molar-refractivity contribution in [1.29, 1.82) is 0 Å². The lowest BCUT2D eigenvalue weighted by Gasteiger charge is -2.45. The Morgan fingerprint density at radius 2 is 1.61 bits per heavy atom. The zero-order valence-electron chi connectivity index (χ0n) is 15.2. The maximum absolute atomic E-state index is 2.64. The first-order chi connectivity index (χ1) is 11.2. The van der Waals surface area contributed by atoms with Crippen LogP contribution >= 0.6 is 0 Å². The fourth-order valence-electron chi connectivity index (χ4n) is 5.11. The van der Waals surface area contributed by atoms with E-state index in [1.165, 1.54) is 69.8 Å². The molecule has 1 aromatic rings. The van der Waals surface area contributed by atoms with Crippen molar-refractivity contribution in [1.82, 2.24) is 0 Å². The molecule has 0 saturated heterocycles. The summed E-state index contributed by atoms with van der Waals surface area (Å²) in [5.41, 5.74) is 3.51. The van der Waals surface area contributed by atoms with Crippen molar-refractivity contribution in [3.8, 4) is 0 Å². The van der Waals surface area contributed by atoms with Gasteiger partial charge in [-0.1, -0.05) is 68.2 Å². The number of hydrogen-bond acceptors (Lipinski definition) is 0. The predicted molar refractivity (Wildman–Crippen MR) is 101 cm³/mol. The Morgan fingerprint density at radius 1 is 0.957 bits per heavy atom. The SMILES string of the molecule is CC/C=C/C1(C2CCC(c3ccc(C)cc3)CC2)CCCCC1. The summed E-state index contributed by atoms with van der Waals surface area (Å²) in [7, 11) is 0. The largest absolute Gasteiger partial charge is 0.0882 e. The Kier molecular flexibility index (Phi) is 5.62. The van der Waals surface area contributed by atoms with Gasteiger partial charge in [0.25, 0.3) is 0 Å². The van der Waals surface area contributed by atoms with Gasteiger partial charge in [-0.3, -0.25) is 0 Å². The Hall–Kier alpha value is -1.04. The molecule has 0 heteroatoms. The second-order valence-electron chi connectivity index (χ2n) is 8.06. The lowest BCUT2D eigenvalue weighted by Crippen LogP contribution is -2.33. The molecular weight excluding hydrogens is 276 g/mol. The summed E-state index contributed by atoms with van der Waals surface area (Å²) in [5, 5.41) is 0. The molecule has 0 unspecified atom stereocenters. The van der Waals surface area contributed by atoms with Gasteiger partial charge in [-0.05, 0) is 74.7 Å². The molecule has 2 aliphatic carbocycles. The van der Waals surface area contributed by atoms with Crippen molar-refractivity contribution >= 4 is 0 Å². The predicted octanol–water partition coefficient (Wildman–Crippen LogP) is 7.19. The number of aryl methyl sites for hydroxylation is 1. The molecule has 0 aliphatic heterocycles. The Morgan fingerprint density at radius 3 is 2.22 bits per heavy atom. The van der Waals surface area contributed by atoms with Crippen LogP contribution in [0.4, 0.5) is 0 Å². The minimum absolute atomic E-state index is 0.548. The third-order valence-corrected chi connectivity index (χ3v) is 6.56. The summed E-state index contributed by atoms with van der Waals surface area (Å²) in [6.07, 6.45) is 19.2. The van der Waals surface area contributed by atoms with Gasteiger partial charge in [0.05, 0.1) is 0 Å². The highest BCUT2D eigenvalue weighted by Gasteiger charge is 2.39. The van der Waals surface area contributed by atoms with Gasteiger partial charge in [0.1, 0.15) is 0 Å². The standard InChI is InChI=1S/C23H34/c1-3-4-16-23(17-6-5-7-18-23)22-14-12-21(13-15-22)20-10-8-19(2)9-11-20/h4,8-11,16,21-22H,3,5-7,12-15,17-18H2,1-2H3/b16-4+. The Bertz CT molecular complexity index is 493. The third-order valence-electron chi connectivity index (χ3n) is 6.56. The molecule has 0 amide bonds. The molecule has 0 radical (unpaired) electrons. The molecule has 0 nitrogen and oxygen atoms in total. The molecule has 126 valence electrons. The summed E-state index contributed by atoms with van der Waals surface area (Å²) in [6.45, 7) is 4.47. The molecule has 2 saturated carbocycles. The number of benzene rings is 1. The maximum Gasteiger partial charge on any atom is -0.00900 e. The van der Waals surface area contributed by atoms with Crippen LogP contribution in [0, 0.1) is 18.3 Å². The quantitative estimate of drug-likeness (QED) is 0.516. The van der Waals surface area contributed by atoms with Crippen LogP contribution in [0.1, 0.15) is 88.2 Å². The van der Waals surface area contributed by atoms with Crippen molar-refractivity contribution in [3.63, 3.8) is 0 Å². The average molecular weight is 311 g/mol. The summed E-state index contributed by atoms with van der Waals surface area (Å²) in [4.78, 5) is 0. The van der Waals surface area contributed by atoms with E-state index in [1.54, 1.807) is 5.56 Å². The summed E-state index contributed by atoms with van der Waals surface area (Å²) in [5.74, 6) is 1.75. The van der Waals surface area contributed by atoms with Crippen LogP contribution in [0.2, 0.25) is 0 Å². The number of hydrogen-bond donors (Lipinski definition) is 0. The van der Waals surface area contributed by atoms with E-state index in [0.717, 1.165) is 11.8 Å². The van der Waals surface area contributed by atoms with E-state index >= 15 is 0 Å². The van der Waals surface area contributed by atoms with E-state index in [9.17, 15) is 0 Å². The van der Waals surface area contributed by atoms with E-state index in [0.29, 0.717) is 5.41 Å². The summed E-state index contributed by atoms with van der Waals surface area (Å²) in [6, 6.07) is 9.31. The molecular formula is C23H34. The van der Waals surface area contributed by atoms with Gasteiger partial charge in [0.15, 0.2) is 0 Å². The van der Waals surface area contributed by atoms with Crippen LogP contribution in [-0.2, 0) is 0 Å². The first kappa shape index (κ1) is 16.8. The summed E-state index contributed by atoms with van der Waals surface area (Å²) < 4.78 is 0. The van der Waals surface area contributed by atoms with Gasteiger partial charge >= 0.3 is 0 Å². The van der Waals surface area contributed by atoms with E-state index < -0.39 is 0 Å². The second kappa shape index (κ2) is 7.69. The van der Waals surface area contributed by atoms with E-state index in [2.05, 4.69) is 50.3 Å². The first-order valence-corrected chi connectivity index (χ1v) is 9.98. The molecule has 0 spiro atoms. The van der Waals surface area contributed by atoms with E-state index in [-0.39, 0.29) is 0 Å². The topological polar surface area (TPSA) is 0 Å². The van der Waals surface area contributed by atoms with Gasteiger partial charge in [0.2, 0.25) is 0 Å². The number of rotatable bonds is 4. The molecule has 0 atom stereocenters. The first-order valence-electron chi connectivity index (χ1n) is 9.98. The zero-order chi connectivity index (χ0) is 16.1. The van der Waals surface area contributed by atoms with Crippen molar-refractivity contribution in [2.45, 2.75) is 84.0 Å². The van der Waals surface area contributed by atoms with Crippen molar-refractivity contribution in [2.75, 3.05) is 0 Å². The summed E-state index contributed by atoms with van der Waals surface area (Å²) >= 11 is 0. The molecule has 2 fully saturated rings. The van der Waals surface area contributed by atoms with Gasteiger partial charge in [0, 0.05) is 0 Å². The van der Waals surface area contributed by atoms with Crippen LogP contribution in [0.3, 0.4) is 0 Å². The minimum atomic E-state index is 0.548. The van der Waals surface area contributed by atoms with Crippen LogP contribution in [-0.4, -0.2) is 0 Å². The normalized spacial score (nSPS) is 28.1. The zero-order valence-corrected chi connectivity index (χ0v) is 15.2. The van der Waals surface area contributed by atoms with Gasteiger partial charge < -0.3 is 0 Å². The highest BCUT2D eigenvalue weighted by atomic mass is 14.4. The van der Waals surface area contributed by atoms with Crippen LogP contribution in [0.15, 0.2) is 36.4 Å². The van der Waals surface area contributed by atoms with Crippen molar-refractivity contribution in [2.24, 2.45) is 11.3 Å². The maximum atomic E-state index is 2.64. The molecule has 0 N–H and O–H groups in total. The monoisotopic (exact) mass is 310 g/mol. The molecule has 0 bridgehead atoms. The molecule has 0 aromatic heterocycles. The van der Waals surface area contributed by atoms with Gasteiger partial charge in [-0.15, -0.1) is 0 Å². The van der Waals surface area contributed by atoms with E-state index in [4.69, 9.17) is 0 Å². The fraction of sp³-hybridized carbons (Fsp3) is 0.652. The molecule has 3 rings (SSSR count). The third kappa shape index (κ3) is 3.90. The fourth-order valence-corrected chi connectivity index (χ4v) is 5.11. The lowest BCUT2D eigenvalue weighted by molar-refractivity contribution is 0.112. The lowest BCUT2D eigenvalue weighted by atomic mass is 9.60. The van der Waals surface area contributed by atoms with E-state index in [1.807, 2.05) is 0 Å². The van der Waals surface area contributed by atoms with Crippen LogP contribution in [0.5, 0.6) is 0 Å². The van der Waals surface area contributed by atoms with Crippen molar-refractivity contribution < 1.29 is 0 Å². The Labute approximate surface area is 143 Å². The van der Waals surface area contributed by atoms with Crippen molar-refractivity contribution in [3.05, 3.63) is 47.5 Å². The van der Waals surface area contributed by atoms with Gasteiger partial charge in [-0.2, -0.15) is 0 Å². The van der Waals surface area contributed by atoms with Crippen LogP contribution in [0.25, 0.3) is 0 Å². The average Bonchev–Trinajstić information content (AvgIpc) is 2.62. The molecule has 0 heterocycles. The Balaban J connectivity index is 1.66. The minimum Gasteiger partial charge on any atom is -0.0882 e. The molecule has 1 aromatic carbocycles. The smallest absolute Gasteiger partial charge is 0.00900 e. The molecule has 2 aliphatic rings. The number of allylic oxidation sites excluding steroid dienone is 2. The van der Waals surface area contributed by atoms with Crippen LogP contribution < -0.4 is 0 Å². The van der Waals surface area contributed by atoms with Gasteiger partial charge in [-0.25, -0.2) is 0 Å². The molecule has 23 heavy (non-hydrogen) atoms. The second-order valence-corrected chi connectivity index (χ2v) is 8.06.